The summed E-state index contributed by atoms with van der Waals surface area (Å²) in [6.45, 7) is 3.39. The zero-order valence-electron chi connectivity index (χ0n) is 11.3. The molecule has 1 aliphatic carbocycles. The summed E-state index contributed by atoms with van der Waals surface area (Å²) in [6, 6.07) is 5.26. The predicted octanol–water partition coefficient (Wildman–Crippen LogP) is 2.28. The second-order valence-electron chi connectivity index (χ2n) is 5.19. The van der Waals surface area contributed by atoms with E-state index in [-0.39, 0.29) is 11.7 Å². The van der Waals surface area contributed by atoms with Crippen molar-refractivity contribution in [3.63, 3.8) is 0 Å². The summed E-state index contributed by atoms with van der Waals surface area (Å²) in [5.74, 6) is -0.0579. The molecule has 0 saturated heterocycles. The number of aryl methyl sites for hydroxylation is 1. The van der Waals surface area contributed by atoms with Crippen LogP contribution in [0.25, 0.3) is 0 Å². The second-order valence-corrected chi connectivity index (χ2v) is 5.19. The average Bonchev–Trinajstić information content (AvgIpc) is 3.17. The summed E-state index contributed by atoms with van der Waals surface area (Å²) < 4.78 is 13.1. The van der Waals surface area contributed by atoms with Gasteiger partial charge in [-0.05, 0) is 56.0 Å². The number of hydrogen-bond acceptors (Lipinski definition) is 2. The Morgan fingerprint density at radius 2 is 2.21 bits per heavy atom. The van der Waals surface area contributed by atoms with Gasteiger partial charge >= 0.3 is 0 Å². The van der Waals surface area contributed by atoms with Crippen molar-refractivity contribution in [3.8, 4) is 0 Å². The van der Waals surface area contributed by atoms with E-state index in [4.69, 9.17) is 0 Å². The summed E-state index contributed by atoms with van der Waals surface area (Å²) >= 11 is 0. The third-order valence-corrected chi connectivity index (χ3v) is 3.33. The van der Waals surface area contributed by atoms with Crippen molar-refractivity contribution >= 4 is 5.91 Å². The van der Waals surface area contributed by atoms with E-state index in [1.54, 1.807) is 12.1 Å². The number of amides is 1. The number of rotatable bonds is 7. The summed E-state index contributed by atoms with van der Waals surface area (Å²) in [7, 11) is 0. The van der Waals surface area contributed by atoms with E-state index in [2.05, 4.69) is 10.6 Å². The third-order valence-electron chi connectivity index (χ3n) is 3.33. The van der Waals surface area contributed by atoms with Gasteiger partial charge in [-0.25, -0.2) is 4.39 Å². The molecule has 0 bridgehead atoms. The molecule has 0 radical (unpaired) electrons. The maximum absolute atomic E-state index is 13.1. The first-order chi connectivity index (χ1) is 9.15. The Morgan fingerprint density at radius 1 is 1.42 bits per heavy atom. The van der Waals surface area contributed by atoms with Crippen LogP contribution in [0.5, 0.6) is 0 Å². The van der Waals surface area contributed by atoms with Crippen LogP contribution >= 0.6 is 0 Å². The van der Waals surface area contributed by atoms with Gasteiger partial charge in [-0.3, -0.25) is 4.79 Å². The van der Waals surface area contributed by atoms with E-state index in [9.17, 15) is 9.18 Å². The lowest BCUT2D eigenvalue weighted by atomic mass is 10.1. The first kappa shape index (κ1) is 14.0. The summed E-state index contributed by atoms with van der Waals surface area (Å²) in [4.78, 5) is 11.4. The molecule has 19 heavy (non-hydrogen) atoms. The minimum absolute atomic E-state index is 0.145. The molecule has 1 fully saturated rings. The topological polar surface area (TPSA) is 41.1 Å². The highest BCUT2D eigenvalue weighted by molar-refractivity contribution is 5.76. The highest BCUT2D eigenvalue weighted by Crippen LogP contribution is 2.18. The number of nitrogens with one attached hydrogen (secondary N) is 2. The number of benzene rings is 1. The highest BCUT2D eigenvalue weighted by atomic mass is 19.1. The van der Waals surface area contributed by atoms with Crippen molar-refractivity contribution in [2.24, 2.45) is 0 Å². The fraction of sp³-hybridized carbons (Fsp3) is 0.533. The Labute approximate surface area is 113 Å². The first-order valence-electron chi connectivity index (χ1n) is 6.90. The van der Waals surface area contributed by atoms with Crippen LogP contribution in [0.15, 0.2) is 18.2 Å². The molecule has 2 N–H and O–H groups in total. The predicted molar refractivity (Wildman–Crippen MR) is 73.2 cm³/mol. The molecule has 1 aromatic rings. The summed E-state index contributed by atoms with van der Waals surface area (Å²) in [6.07, 6.45) is 3.63. The molecule has 4 heteroatoms. The van der Waals surface area contributed by atoms with Gasteiger partial charge in [0, 0.05) is 19.0 Å². The van der Waals surface area contributed by atoms with Gasteiger partial charge in [0.15, 0.2) is 0 Å². The largest absolute Gasteiger partial charge is 0.353 e. The molecule has 0 spiro atoms. The zero-order valence-corrected chi connectivity index (χ0v) is 11.3. The van der Waals surface area contributed by atoms with Crippen LogP contribution in [0.1, 0.15) is 36.8 Å². The number of hydrogen-bond donors (Lipinski definition) is 2. The molecular formula is C15H21FN2O. The minimum atomic E-state index is -0.203. The second kappa shape index (κ2) is 6.66. The van der Waals surface area contributed by atoms with Crippen molar-refractivity contribution in [3.05, 3.63) is 35.1 Å². The van der Waals surface area contributed by atoms with Crippen molar-refractivity contribution in [2.45, 2.75) is 45.2 Å². The molecule has 3 nitrogen and oxygen atoms in total. The summed E-state index contributed by atoms with van der Waals surface area (Å²) in [5, 5.41) is 6.21. The van der Waals surface area contributed by atoms with Crippen molar-refractivity contribution in [1.82, 2.24) is 10.6 Å². The van der Waals surface area contributed by atoms with Crippen LogP contribution < -0.4 is 10.6 Å². The Kier molecular flexibility index (Phi) is 4.91. The fourth-order valence-corrected chi connectivity index (χ4v) is 1.96. The van der Waals surface area contributed by atoms with Crippen LogP contribution in [0.4, 0.5) is 4.39 Å². The van der Waals surface area contributed by atoms with Gasteiger partial charge < -0.3 is 10.6 Å². The van der Waals surface area contributed by atoms with Crippen LogP contribution in [0.3, 0.4) is 0 Å². The monoisotopic (exact) mass is 264 g/mol. The SMILES string of the molecule is Cc1ccc(F)cc1CNCCCC(=O)NC1CC1. The van der Waals surface area contributed by atoms with E-state index in [0.29, 0.717) is 19.0 Å². The Morgan fingerprint density at radius 3 is 2.95 bits per heavy atom. The van der Waals surface area contributed by atoms with Crippen molar-refractivity contribution in [1.29, 1.82) is 0 Å². The highest BCUT2D eigenvalue weighted by Gasteiger charge is 2.22. The fourth-order valence-electron chi connectivity index (χ4n) is 1.96. The molecule has 104 valence electrons. The van der Waals surface area contributed by atoms with Crippen molar-refractivity contribution in [2.75, 3.05) is 6.54 Å². The zero-order chi connectivity index (χ0) is 13.7. The van der Waals surface area contributed by atoms with E-state index >= 15 is 0 Å². The Hall–Kier alpha value is -1.42. The molecule has 0 atom stereocenters. The number of carbonyl (C=O) groups is 1. The van der Waals surface area contributed by atoms with E-state index in [1.807, 2.05) is 6.92 Å². The van der Waals surface area contributed by atoms with Gasteiger partial charge in [-0.15, -0.1) is 0 Å². The van der Waals surface area contributed by atoms with Crippen LogP contribution in [0, 0.1) is 12.7 Å². The van der Waals surface area contributed by atoms with Gasteiger partial charge in [0.25, 0.3) is 0 Å². The standard InChI is InChI=1S/C15H21FN2O/c1-11-4-5-13(16)9-12(11)10-17-8-2-3-15(19)18-14-6-7-14/h4-5,9,14,17H,2-3,6-8,10H2,1H3,(H,18,19). The van der Waals surface area contributed by atoms with Gasteiger partial charge in [0.1, 0.15) is 5.82 Å². The molecule has 0 aromatic heterocycles. The molecule has 0 heterocycles. The van der Waals surface area contributed by atoms with Gasteiger partial charge in [-0.1, -0.05) is 6.07 Å². The van der Waals surface area contributed by atoms with Gasteiger partial charge in [0.05, 0.1) is 0 Å². The van der Waals surface area contributed by atoms with E-state index < -0.39 is 0 Å². The molecule has 2 rings (SSSR count). The molecule has 1 aliphatic rings. The molecule has 0 aliphatic heterocycles. The summed E-state index contributed by atoms with van der Waals surface area (Å²) in [5.41, 5.74) is 2.06. The van der Waals surface area contributed by atoms with Crippen LogP contribution in [-0.4, -0.2) is 18.5 Å². The van der Waals surface area contributed by atoms with Gasteiger partial charge in [0.2, 0.25) is 5.91 Å². The molecule has 0 unspecified atom stereocenters. The lowest BCUT2D eigenvalue weighted by Gasteiger charge is -2.08. The maximum Gasteiger partial charge on any atom is 0.220 e. The average molecular weight is 264 g/mol. The van der Waals surface area contributed by atoms with Crippen molar-refractivity contribution < 1.29 is 9.18 Å². The van der Waals surface area contributed by atoms with Crippen LogP contribution in [-0.2, 0) is 11.3 Å². The lowest BCUT2D eigenvalue weighted by molar-refractivity contribution is -0.121. The molecule has 1 saturated carbocycles. The third kappa shape index (κ3) is 4.99. The number of carbonyl (C=O) groups excluding carboxylic acids is 1. The lowest BCUT2D eigenvalue weighted by Crippen LogP contribution is -2.26. The van der Waals surface area contributed by atoms with E-state index in [1.165, 1.54) is 6.07 Å². The normalized spacial score (nSPS) is 14.4. The van der Waals surface area contributed by atoms with Crippen LogP contribution in [0.2, 0.25) is 0 Å². The van der Waals surface area contributed by atoms with E-state index in [0.717, 1.165) is 36.9 Å². The molecule has 1 aromatic carbocycles. The maximum atomic E-state index is 13.1. The Bertz CT molecular complexity index is 444. The molecular weight excluding hydrogens is 243 g/mol. The minimum Gasteiger partial charge on any atom is -0.353 e. The number of halogens is 1. The molecule has 1 amide bonds. The quantitative estimate of drug-likeness (QED) is 0.742. The first-order valence-corrected chi connectivity index (χ1v) is 6.90. The van der Waals surface area contributed by atoms with Gasteiger partial charge in [-0.2, -0.15) is 0 Å². The Balaban J connectivity index is 1.60. The smallest absolute Gasteiger partial charge is 0.220 e.